The van der Waals surface area contributed by atoms with Gasteiger partial charge >= 0.3 is 0 Å². The van der Waals surface area contributed by atoms with Gasteiger partial charge in [0.05, 0.1) is 17.4 Å². The molecule has 0 spiro atoms. The van der Waals surface area contributed by atoms with Crippen molar-refractivity contribution in [3.8, 4) is 0 Å². The molecule has 0 unspecified atom stereocenters. The highest BCUT2D eigenvalue weighted by atomic mass is 35.5. The summed E-state index contributed by atoms with van der Waals surface area (Å²) in [7, 11) is 2.18. The zero-order valence-electron chi connectivity index (χ0n) is 16.0. The topological polar surface area (TPSA) is 43.8 Å². The third-order valence-corrected chi connectivity index (χ3v) is 5.32. The molecule has 4 rings (SSSR count). The van der Waals surface area contributed by atoms with Crippen LogP contribution in [0.15, 0.2) is 59.8 Å². The van der Waals surface area contributed by atoms with E-state index in [1.54, 1.807) is 6.20 Å². The molecule has 2 aromatic carbocycles. The molecular weight excluding hydrogens is 370 g/mol. The normalized spacial score (nSPS) is 16.1. The maximum Gasteiger partial charge on any atom is 0.0738 e. The Morgan fingerprint density at radius 1 is 1.07 bits per heavy atom. The van der Waals surface area contributed by atoms with Crippen LogP contribution in [-0.2, 0) is 6.54 Å². The Bertz CT molecular complexity index is 962. The molecule has 1 N–H and O–H groups in total. The number of aromatic nitrogens is 1. The fourth-order valence-corrected chi connectivity index (χ4v) is 3.53. The molecule has 1 aliphatic heterocycles. The molecule has 1 aliphatic rings. The minimum atomic E-state index is 0.678. The predicted octanol–water partition coefficient (Wildman–Crippen LogP) is 4.08. The number of benzene rings is 2. The Morgan fingerprint density at radius 2 is 1.86 bits per heavy atom. The first-order valence-corrected chi connectivity index (χ1v) is 9.88. The molecule has 28 heavy (non-hydrogen) atoms. The van der Waals surface area contributed by atoms with Crippen molar-refractivity contribution in [3.05, 3.63) is 70.9 Å². The third kappa shape index (κ3) is 4.68. The molecule has 0 amide bonds. The van der Waals surface area contributed by atoms with Crippen molar-refractivity contribution in [3.63, 3.8) is 0 Å². The SMILES string of the molecule is CN1CCN(Cc2ccc(/C=N/Nc3ccnc4cc(Cl)ccc34)cc2)CC1. The quantitative estimate of drug-likeness (QED) is 0.524. The van der Waals surface area contributed by atoms with E-state index in [0.29, 0.717) is 5.02 Å². The van der Waals surface area contributed by atoms with Gasteiger partial charge in [0, 0.05) is 49.3 Å². The fourth-order valence-electron chi connectivity index (χ4n) is 3.37. The molecule has 6 heteroatoms. The van der Waals surface area contributed by atoms with Crippen LogP contribution < -0.4 is 5.43 Å². The standard InChI is InChI=1S/C22H24ClN5/c1-27-10-12-28(13-11-27)16-18-4-2-17(3-5-18)15-25-26-21-8-9-24-22-14-19(23)6-7-20(21)22/h2-9,14-15H,10-13,16H2,1H3,(H,24,26)/b25-15+. The minimum absolute atomic E-state index is 0.678. The Hall–Kier alpha value is -2.47. The average molecular weight is 394 g/mol. The molecule has 5 nitrogen and oxygen atoms in total. The summed E-state index contributed by atoms with van der Waals surface area (Å²) in [5.41, 5.74) is 7.27. The fraction of sp³-hybridized carbons (Fsp3) is 0.273. The summed E-state index contributed by atoms with van der Waals surface area (Å²) in [5.74, 6) is 0. The van der Waals surface area contributed by atoms with Gasteiger partial charge in [-0.3, -0.25) is 15.3 Å². The molecule has 0 bridgehead atoms. The number of hydrogen-bond acceptors (Lipinski definition) is 5. The average Bonchev–Trinajstić information content (AvgIpc) is 2.71. The maximum atomic E-state index is 6.04. The number of nitrogens with zero attached hydrogens (tertiary/aromatic N) is 4. The van der Waals surface area contributed by atoms with Crippen LogP contribution in [0.3, 0.4) is 0 Å². The van der Waals surface area contributed by atoms with Crippen molar-refractivity contribution >= 4 is 34.4 Å². The lowest BCUT2D eigenvalue weighted by Gasteiger charge is -2.32. The van der Waals surface area contributed by atoms with E-state index < -0.39 is 0 Å². The second-order valence-electron chi connectivity index (χ2n) is 7.21. The zero-order valence-corrected chi connectivity index (χ0v) is 16.7. The molecule has 0 atom stereocenters. The van der Waals surface area contributed by atoms with Crippen LogP contribution in [0, 0.1) is 0 Å². The number of anilines is 1. The van der Waals surface area contributed by atoms with Crippen LogP contribution >= 0.6 is 11.6 Å². The second kappa shape index (κ2) is 8.69. The Balaban J connectivity index is 1.37. The van der Waals surface area contributed by atoms with E-state index >= 15 is 0 Å². The van der Waals surface area contributed by atoms with Gasteiger partial charge in [0.2, 0.25) is 0 Å². The summed E-state index contributed by atoms with van der Waals surface area (Å²) in [6.07, 6.45) is 3.59. The van der Waals surface area contributed by atoms with Gasteiger partial charge in [-0.15, -0.1) is 0 Å². The largest absolute Gasteiger partial charge is 0.304 e. The number of hydrogen-bond donors (Lipinski definition) is 1. The molecule has 0 aliphatic carbocycles. The highest BCUT2D eigenvalue weighted by molar-refractivity contribution is 6.31. The van der Waals surface area contributed by atoms with E-state index in [-0.39, 0.29) is 0 Å². The lowest BCUT2D eigenvalue weighted by Crippen LogP contribution is -2.43. The number of pyridine rings is 1. The predicted molar refractivity (Wildman–Crippen MR) is 117 cm³/mol. The molecule has 2 heterocycles. The Labute approximate surface area is 170 Å². The van der Waals surface area contributed by atoms with Crippen LogP contribution in [0.25, 0.3) is 10.9 Å². The van der Waals surface area contributed by atoms with E-state index in [9.17, 15) is 0 Å². The third-order valence-electron chi connectivity index (χ3n) is 5.09. The van der Waals surface area contributed by atoms with E-state index in [2.05, 4.69) is 56.6 Å². The van der Waals surface area contributed by atoms with Crippen molar-refractivity contribution in [1.29, 1.82) is 0 Å². The summed E-state index contributed by atoms with van der Waals surface area (Å²) in [4.78, 5) is 9.23. The molecular formula is C22H24ClN5. The summed E-state index contributed by atoms with van der Waals surface area (Å²) in [6.45, 7) is 5.57. The highest BCUT2D eigenvalue weighted by Crippen LogP contribution is 2.24. The van der Waals surface area contributed by atoms with Crippen molar-refractivity contribution < 1.29 is 0 Å². The number of halogens is 1. The number of fused-ring (bicyclic) bond motifs is 1. The van der Waals surface area contributed by atoms with Gasteiger partial charge in [-0.25, -0.2) is 0 Å². The van der Waals surface area contributed by atoms with Crippen LogP contribution in [0.5, 0.6) is 0 Å². The molecule has 144 valence electrons. The van der Waals surface area contributed by atoms with Crippen molar-refractivity contribution in [2.75, 3.05) is 38.7 Å². The second-order valence-corrected chi connectivity index (χ2v) is 7.65. The van der Waals surface area contributed by atoms with E-state index in [1.807, 2.05) is 30.5 Å². The Morgan fingerprint density at radius 3 is 2.64 bits per heavy atom. The lowest BCUT2D eigenvalue weighted by molar-refractivity contribution is 0.148. The van der Waals surface area contributed by atoms with Crippen molar-refractivity contribution in [2.45, 2.75) is 6.54 Å². The minimum Gasteiger partial charge on any atom is -0.304 e. The number of likely N-dealkylation sites (N-methyl/N-ethyl adjacent to an activating group) is 1. The highest BCUT2D eigenvalue weighted by Gasteiger charge is 2.13. The van der Waals surface area contributed by atoms with E-state index in [1.165, 1.54) is 5.56 Å². The first-order chi connectivity index (χ1) is 13.7. The lowest BCUT2D eigenvalue weighted by atomic mass is 10.1. The number of rotatable bonds is 5. The van der Waals surface area contributed by atoms with Gasteiger partial charge in [-0.05, 0) is 42.4 Å². The molecule has 1 saturated heterocycles. The smallest absolute Gasteiger partial charge is 0.0738 e. The first-order valence-electron chi connectivity index (χ1n) is 9.50. The summed E-state index contributed by atoms with van der Waals surface area (Å²) in [6, 6.07) is 16.2. The molecule has 0 saturated carbocycles. The molecule has 1 fully saturated rings. The molecule has 0 radical (unpaired) electrons. The van der Waals surface area contributed by atoms with Crippen LogP contribution in [0.1, 0.15) is 11.1 Å². The summed E-state index contributed by atoms with van der Waals surface area (Å²) >= 11 is 6.04. The number of piperazine rings is 1. The van der Waals surface area contributed by atoms with Gasteiger partial charge in [-0.2, -0.15) is 5.10 Å². The molecule has 3 aromatic rings. The zero-order chi connectivity index (χ0) is 19.3. The van der Waals surface area contributed by atoms with Crippen LogP contribution in [0.2, 0.25) is 5.02 Å². The Kier molecular flexibility index (Phi) is 5.86. The van der Waals surface area contributed by atoms with Gasteiger partial charge in [0.15, 0.2) is 0 Å². The van der Waals surface area contributed by atoms with Gasteiger partial charge in [0.1, 0.15) is 0 Å². The van der Waals surface area contributed by atoms with Gasteiger partial charge < -0.3 is 4.90 Å². The van der Waals surface area contributed by atoms with Crippen LogP contribution in [-0.4, -0.2) is 54.2 Å². The number of nitrogens with one attached hydrogen (secondary N) is 1. The van der Waals surface area contributed by atoms with Gasteiger partial charge in [0.25, 0.3) is 0 Å². The van der Waals surface area contributed by atoms with E-state index in [4.69, 9.17) is 11.6 Å². The van der Waals surface area contributed by atoms with Crippen molar-refractivity contribution in [2.24, 2.45) is 5.10 Å². The van der Waals surface area contributed by atoms with Crippen molar-refractivity contribution in [1.82, 2.24) is 14.8 Å². The monoisotopic (exact) mass is 393 g/mol. The first kappa shape index (κ1) is 18.9. The van der Waals surface area contributed by atoms with E-state index in [0.717, 1.165) is 54.9 Å². The summed E-state index contributed by atoms with van der Waals surface area (Å²) < 4.78 is 0. The molecule has 1 aromatic heterocycles. The summed E-state index contributed by atoms with van der Waals surface area (Å²) in [5, 5.41) is 6.06. The van der Waals surface area contributed by atoms with Gasteiger partial charge in [-0.1, -0.05) is 35.9 Å². The van der Waals surface area contributed by atoms with Crippen LogP contribution in [0.4, 0.5) is 5.69 Å². The number of hydrazone groups is 1. The maximum absolute atomic E-state index is 6.04.